The molecule has 0 saturated carbocycles. The molecule has 4 nitrogen and oxygen atoms in total. The molecule has 0 aliphatic rings. The minimum Gasteiger partial charge on any atom is -0.461 e. The van der Waals surface area contributed by atoms with Gasteiger partial charge >= 0.3 is 5.97 Å². The van der Waals surface area contributed by atoms with Crippen molar-refractivity contribution in [3.05, 3.63) is 78.0 Å². The van der Waals surface area contributed by atoms with E-state index < -0.39 is 5.97 Å². The van der Waals surface area contributed by atoms with E-state index in [-0.39, 0.29) is 12.3 Å². The number of hydrogen-bond donors (Lipinski definition) is 0. The van der Waals surface area contributed by atoms with Gasteiger partial charge in [0.25, 0.3) is 5.69 Å². The van der Waals surface area contributed by atoms with Gasteiger partial charge in [-0.25, -0.2) is 4.79 Å². The van der Waals surface area contributed by atoms with Gasteiger partial charge in [-0.1, -0.05) is 42.5 Å². The molecule has 2 aromatic carbocycles. The van der Waals surface area contributed by atoms with Crippen molar-refractivity contribution >= 4 is 22.7 Å². The average molecular weight is 306 g/mol. The fraction of sp³-hybridized carbons (Fsp3) is 0.105. The highest BCUT2D eigenvalue weighted by Gasteiger charge is 2.25. The van der Waals surface area contributed by atoms with Crippen molar-refractivity contribution in [2.75, 3.05) is 7.11 Å². The molecule has 23 heavy (non-hydrogen) atoms. The fourth-order valence-electron chi connectivity index (χ4n) is 2.57. The summed E-state index contributed by atoms with van der Waals surface area (Å²) in [4.78, 5) is 24.6. The van der Waals surface area contributed by atoms with Crippen LogP contribution in [0.25, 0.3) is 10.9 Å². The Kier molecular flexibility index (Phi) is 4.15. The number of ether oxygens (including phenoxy) is 1. The molecule has 0 radical (unpaired) electrons. The average Bonchev–Trinajstić information content (AvgIpc) is 2.62. The Bertz CT molecular complexity index is 872. The van der Waals surface area contributed by atoms with Gasteiger partial charge in [-0.3, -0.25) is 4.79 Å². The lowest BCUT2D eigenvalue weighted by Crippen LogP contribution is -2.44. The molecule has 0 spiro atoms. The van der Waals surface area contributed by atoms with Gasteiger partial charge in [-0.15, -0.1) is 0 Å². The van der Waals surface area contributed by atoms with Crippen LogP contribution in [0.3, 0.4) is 0 Å². The fourth-order valence-corrected chi connectivity index (χ4v) is 2.57. The third-order valence-corrected chi connectivity index (χ3v) is 3.73. The molecule has 0 amide bonds. The van der Waals surface area contributed by atoms with Crippen LogP contribution in [0.4, 0.5) is 0 Å². The summed E-state index contributed by atoms with van der Waals surface area (Å²) in [6, 6.07) is 20.2. The standard InChI is InChI=1S/C19H16NO3/c1-23-19(22)17-12-11-14-7-5-6-10-16(14)20(17)13-18(21)15-8-3-2-4-9-15/h2-12H,13H2,1H3/q+1. The van der Waals surface area contributed by atoms with Crippen molar-refractivity contribution in [2.45, 2.75) is 6.54 Å². The Labute approximate surface area is 133 Å². The summed E-state index contributed by atoms with van der Waals surface area (Å²) in [5.74, 6) is -0.520. The zero-order valence-electron chi connectivity index (χ0n) is 12.7. The number of methoxy groups -OCH3 is 1. The normalized spacial score (nSPS) is 10.5. The number of aromatic nitrogens is 1. The Hall–Kier alpha value is -3.01. The number of benzene rings is 2. The first-order chi connectivity index (χ1) is 11.2. The summed E-state index contributed by atoms with van der Waals surface area (Å²) in [5, 5.41) is 0.959. The Morgan fingerprint density at radius 1 is 0.913 bits per heavy atom. The number of rotatable bonds is 4. The molecule has 3 aromatic rings. The van der Waals surface area contributed by atoms with Gasteiger partial charge in [0.15, 0.2) is 0 Å². The maximum absolute atomic E-state index is 12.5. The Morgan fingerprint density at radius 2 is 1.61 bits per heavy atom. The third kappa shape index (κ3) is 2.97. The van der Waals surface area contributed by atoms with Gasteiger partial charge in [0.05, 0.1) is 7.11 Å². The van der Waals surface area contributed by atoms with Crippen LogP contribution >= 0.6 is 0 Å². The molecular formula is C19H16NO3+. The molecule has 0 atom stereocenters. The van der Waals surface area contributed by atoms with Crippen molar-refractivity contribution in [1.29, 1.82) is 0 Å². The van der Waals surface area contributed by atoms with Crippen molar-refractivity contribution in [3.63, 3.8) is 0 Å². The van der Waals surface area contributed by atoms with Gasteiger partial charge in [0.1, 0.15) is 0 Å². The number of carbonyl (C=O) groups is 2. The smallest absolute Gasteiger partial charge is 0.403 e. The van der Waals surface area contributed by atoms with E-state index in [1.54, 1.807) is 22.8 Å². The van der Waals surface area contributed by atoms with E-state index in [0.717, 1.165) is 10.9 Å². The van der Waals surface area contributed by atoms with Crippen molar-refractivity contribution in [2.24, 2.45) is 0 Å². The van der Waals surface area contributed by atoms with E-state index in [1.807, 2.05) is 48.5 Å². The quantitative estimate of drug-likeness (QED) is 0.423. The summed E-state index contributed by atoms with van der Waals surface area (Å²) in [6.45, 7) is 0.0792. The van der Waals surface area contributed by atoms with E-state index in [2.05, 4.69) is 0 Å². The van der Waals surface area contributed by atoms with E-state index in [1.165, 1.54) is 7.11 Å². The van der Waals surface area contributed by atoms with E-state index in [4.69, 9.17) is 4.74 Å². The molecule has 0 saturated heterocycles. The van der Waals surface area contributed by atoms with Crippen LogP contribution in [-0.4, -0.2) is 18.9 Å². The van der Waals surface area contributed by atoms with Gasteiger partial charge in [-0.05, 0) is 12.1 Å². The van der Waals surface area contributed by atoms with Gasteiger partial charge in [0, 0.05) is 23.1 Å². The van der Waals surface area contributed by atoms with Crippen molar-refractivity contribution in [3.8, 4) is 0 Å². The molecule has 1 heterocycles. The summed E-state index contributed by atoms with van der Waals surface area (Å²) >= 11 is 0. The number of esters is 1. The maximum atomic E-state index is 12.5. The zero-order chi connectivity index (χ0) is 16.2. The number of Topliss-reactive ketones (excluding diaryl/α,β-unsaturated/α-hetero) is 1. The van der Waals surface area contributed by atoms with Crippen LogP contribution in [0, 0.1) is 0 Å². The van der Waals surface area contributed by atoms with Crippen molar-refractivity contribution in [1.82, 2.24) is 0 Å². The second kappa shape index (κ2) is 6.40. The number of pyridine rings is 1. The molecule has 3 rings (SSSR count). The topological polar surface area (TPSA) is 47.2 Å². The van der Waals surface area contributed by atoms with E-state index >= 15 is 0 Å². The Morgan fingerprint density at radius 3 is 2.35 bits per heavy atom. The van der Waals surface area contributed by atoms with Crippen LogP contribution in [0.2, 0.25) is 0 Å². The minimum atomic E-state index is -0.461. The second-order valence-electron chi connectivity index (χ2n) is 5.14. The van der Waals surface area contributed by atoms with Crippen LogP contribution in [0.15, 0.2) is 66.7 Å². The van der Waals surface area contributed by atoms with Crippen LogP contribution in [0.1, 0.15) is 20.8 Å². The predicted octanol–water partition coefficient (Wildman–Crippen LogP) is 2.80. The van der Waals surface area contributed by atoms with Crippen molar-refractivity contribution < 1.29 is 18.9 Å². The first-order valence-electron chi connectivity index (χ1n) is 7.29. The number of carbonyl (C=O) groups excluding carboxylic acids is 2. The van der Waals surface area contributed by atoms with Crippen LogP contribution < -0.4 is 4.57 Å². The maximum Gasteiger partial charge on any atom is 0.403 e. The van der Waals surface area contributed by atoms with Gasteiger partial charge < -0.3 is 4.74 Å². The molecule has 0 bridgehead atoms. The number of para-hydroxylation sites is 1. The lowest BCUT2D eigenvalue weighted by atomic mass is 10.1. The highest BCUT2D eigenvalue weighted by atomic mass is 16.5. The molecule has 0 N–H and O–H groups in total. The Balaban J connectivity index is 2.10. The molecule has 0 aliphatic heterocycles. The van der Waals surface area contributed by atoms with Crippen LogP contribution in [0.5, 0.6) is 0 Å². The molecule has 114 valence electrons. The van der Waals surface area contributed by atoms with E-state index in [9.17, 15) is 9.59 Å². The molecule has 0 unspecified atom stereocenters. The first-order valence-corrected chi connectivity index (χ1v) is 7.29. The highest BCUT2D eigenvalue weighted by molar-refractivity contribution is 5.95. The monoisotopic (exact) mass is 306 g/mol. The molecule has 0 aliphatic carbocycles. The largest absolute Gasteiger partial charge is 0.461 e. The lowest BCUT2D eigenvalue weighted by Gasteiger charge is -2.06. The number of nitrogens with zero attached hydrogens (tertiary/aromatic N) is 1. The summed E-state index contributed by atoms with van der Waals surface area (Å²) in [5.41, 5.74) is 1.79. The van der Waals surface area contributed by atoms with Gasteiger partial charge in [0.2, 0.25) is 17.8 Å². The summed E-state index contributed by atoms with van der Waals surface area (Å²) in [6.07, 6.45) is 0. The van der Waals surface area contributed by atoms with E-state index in [0.29, 0.717) is 11.3 Å². The third-order valence-electron chi connectivity index (χ3n) is 3.73. The minimum absolute atomic E-state index is 0.0582. The zero-order valence-corrected chi connectivity index (χ0v) is 12.7. The number of ketones is 1. The molecule has 0 fully saturated rings. The highest BCUT2D eigenvalue weighted by Crippen LogP contribution is 2.12. The first kappa shape index (κ1) is 14.9. The molecular weight excluding hydrogens is 290 g/mol. The molecule has 1 aromatic heterocycles. The SMILES string of the molecule is COC(=O)c1ccc2ccccc2[n+]1CC(=O)c1ccccc1. The lowest BCUT2D eigenvalue weighted by molar-refractivity contribution is -0.659. The summed E-state index contributed by atoms with van der Waals surface area (Å²) < 4.78 is 6.55. The summed E-state index contributed by atoms with van der Waals surface area (Å²) in [7, 11) is 1.33. The number of hydrogen-bond acceptors (Lipinski definition) is 3. The number of fused-ring (bicyclic) bond motifs is 1. The van der Waals surface area contributed by atoms with Gasteiger partial charge in [-0.2, -0.15) is 4.57 Å². The predicted molar refractivity (Wildman–Crippen MR) is 86.3 cm³/mol. The molecule has 4 heteroatoms. The second-order valence-corrected chi connectivity index (χ2v) is 5.14. The van der Waals surface area contributed by atoms with Crippen LogP contribution in [-0.2, 0) is 11.3 Å².